The lowest BCUT2D eigenvalue weighted by Crippen LogP contribution is -2.44. The van der Waals surface area contributed by atoms with Gasteiger partial charge in [-0.05, 0) is 31.4 Å². The van der Waals surface area contributed by atoms with Crippen molar-refractivity contribution in [3.63, 3.8) is 0 Å². The molecular weight excluding hydrogens is 298 g/mol. The summed E-state index contributed by atoms with van der Waals surface area (Å²) in [6, 6.07) is 4.81. The van der Waals surface area contributed by atoms with Crippen LogP contribution in [-0.4, -0.2) is 32.7 Å². The molecule has 1 aromatic heterocycles. The number of aliphatic hydroxyl groups excluding tert-OH is 1. The minimum absolute atomic E-state index is 0.0133. The van der Waals surface area contributed by atoms with Crippen LogP contribution in [-0.2, 0) is 22.6 Å². The van der Waals surface area contributed by atoms with Crippen molar-refractivity contribution in [1.82, 2.24) is 14.5 Å². The van der Waals surface area contributed by atoms with Gasteiger partial charge in [-0.3, -0.25) is 24.0 Å². The molecule has 2 aromatic rings. The molecule has 1 fully saturated rings. The Morgan fingerprint density at radius 2 is 2.09 bits per heavy atom. The van der Waals surface area contributed by atoms with Gasteiger partial charge in [-0.15, -0.1) is 0 Å². The van der Waals surface area contributed by atoms with Gasteiger partial charge in [-0.1, -0.05) is 12.1 Å². The molecule has 0 bridgehead atoms. The summed E-state index contributed by atoms with van der Waals surface area (Å²) >= 11 is 0. The molecule has 0 spiro atoms. The van der Waals surface area contributed by atoms with Gasteiger partial charge in [0.1, 0.15) is 6.04 Å². The highest BCUT2D eigenvalue weighted by molar-refractivity contribution is 6.00. The summed E-state index contributed by atoms with van der Waals surface area (Å²) in [5.74, 6) is -0.745. The molecule has 3 rings (SSSR count). The molecule has 1 atom stereocenters. The number of hydrogen-bond donors (Lipinski definition) is 2. The number of nitrogens with one attached hydrogen (secondary N) is 1. The Morgan fingerprint density at radius 1 is 1.30 bits per heavy atom. The van der Waals surface area contributed by atoms with E-state index in [4.69, 9.17) is 0 Å². The number of aliphatic hydroxyl groups is 1. The number of nitrogens with zero attached hydrogens (tertiary/aromatic N) is 2. The molecule has 2 heterocycles. The summed E-state index contributed by atoms with van der Waals surface area (Å²) in [6.45, 7) is 2.32. The van der Waals surface area contributed by atoms with Gasteiger partial charge in [-0.2, -0.15) is 0 Å². The molecular formula is C16H19N3O4. The number of imidazole rings is 1. The zero-order valence-electron chi connectivity index (χ0n) is 12.9. The molecule has 1 unspecified atom stereocenters. The monoisotopic (exact) mass is 317 g/mol. The number of carbonyl (C=O) groups excluding carboxylic acids is 2. The Labute approximate surface area is 132 Å². The normalized spacial score (nSPS) is 18.4. The van der Waals surface area contributed by atoms with Gasteiger partial charge in [0, 0.05) is 19.6 Å². The van der Waals surface area contributed by atoms with E-state index in [9.17, 15) is 19.5 Å². The number of piperidine rings is 1. The third kappa shape index (κ3) is 2.46. The molecule has 1 aliphatic heterocycles. The minimum atomic E-state index is -0.681. The van der Waals surface area contributed by atoms with Crippen molar-refractivity contribution in [3.8, 4) is 0 Å². The van der Waals surface area contributed by atoms with Crippen LogP contribution in [0.4, 0.5) is 0 Å². The molecule has 1 saturated heterocycles. The van der Waals surface area contributed by atoms with Crippen molar-refractivity contribution in [2.45, 2.75) is 38.8 Å². The quantitative estimate of drug-likeness (QED) is 0.795. The van der Waals surface area contributed by atoms with Crippen LogP contribution in [0.1, 0.15) is 31.4 Å². The number of imide groups is 1. The summed E-state index contributed by atoms with van der Waals surface area (Å²) in [5.41, 5.74) is 2.02. The Balaban J connectivity index is 2.24. The van der Waals surface area contributed by atoms with Crippen molar-refractivity contribution in [3.05, 3.63) is 34.2 Å². The lowest BCUT2D eigenvalue weighted by atomic mass is 10.1. The number of aryl methyl sites for hydroxylation is 1. The average Bonchev–Trinajstić information content (AvgIpc) is 2.80. The maximum atomic E-state index is 12.8. The van der Waals surface area contributed by atoms with Crippen molar-refractivity contribution in [2.75, 3.05) is 6.61 Å². The lowest BCUT2D eigenvalue weighted by Gasteiger charge is -2.21. The van der Waals surface area contributed by atoms with Crippen LogP contribution in [0.5, 0.6) is 0 Å². The largest absolute Gasteiger partial charge is 0.396 e. The van der Waals surface area contributed by atoms with Crippen LogP contribution in [0.25, 0.3) is 11.0 Å². The van der Waals surface area contributed by atoms with Gasteiger partial charge >= 0.3 is 5.69 Å². The molecule has 0 radical (unpaired) electrons. The molecule has 0 aliphatic carbocycles. The number of carbonyl (C=O) groups is 2. The van der Waals surface area contributed by atoms with Crippen LogP contribution in [0.15, 0.2) is 23.0 Å². The van der Waals surface area contributed by atoms with Gasteiger partial charge in [0.2, 0.25) is 11.8 Å². The summed E-state index contributed by atoms with van der Waals surface area (Å²) in [4.78, 5) is 36.3. The first-order valence-electron chi connectivity index (χ1n) is 7.75. The first kappa shape index (κ1) is 15.5. The van der Waals surface area contributed by atoms with E-state index in [1.54, 1.807) is 10.6 Å². The van der Waals surface area contributed by atoms with Crippen molar-refractivity contribution in [1.29, 1.82) is 0 Å². The molecule has 2 N–H and O–H groups in total. The first-order valence-corrected chi connectivity index (χ1v) is 7.75. The summed E-state index contributed by atoms with van der Waals surface area (Å²) in [5, 5.41) is 11.5. The fourth-order valence-corrected chi connectivity index (χ4v) is 3.26. The first-order chi connectivity index (χ1) is 11.1. The van der Waals surface area contributed by atoms with Crippen molar-refractivity contribution in [2.24, 2.45) is 0 Å². The number of fused-ring (bicyclic) bond motifs is 1. The van der Waals surface area contributed by atoms with E-state index in [0.717, 1.165) is 11.1 Å². The molecule has 1 aromatic carbocycles. The Morgan fingerprint density at radius 3 is 2.74 bits per heavy atom. The van der Waals surface area contributed by atoms with Crippen LogP contribution in [0, 0.1) is 0 Å². The topological polar surface area (TPSA) is 93.3 Å². The van der Waals surface area contributed by atoms with Gasteiger partial charge in [-0.25, -0.2) is 4.79 Å². The Bertz CT molecular complexity index is 834. The second-order valence-electron chi connectivity index (χ2n) is 5.62. The molecule has 1 aliphatic rings. The second kappa shape index (κ2) is 6.00. The lowest BCUT2D eigenvalue weighted by molar-refractivity contribution is -0.135. The molecule has 7 nitrogen and oxygen atoms in total. The number of aromatic nitrogens is 2. The highest BCUT2D eigenvalue weighted by Gasteiger charge is 2.31. The van der Waals surface area contributed by atoms with Crippen LogP contribution in [0.3, 0.4) is 0 Å². The number of amides is 2. The van der Waals surface area contributed by atoms with Crippen molar-refractivity contribution < 1.29 is 14.7 Å². The van der Waals surface area contributed by atoms with Crippen LogP contribution < -0.4 is 11.0 Å². The zero-order valence-corrected chi connectivity index (χ0v) is 12.9. The van der Waals surface area contributed by atoms with Gasteiger partial charge < -0.3 is 5.11 Å². The van der Waals surface area contributed by atoms with Crippen LogP contribution >= 0.6 is 0 Å². The number of rotatable bonds is 4. The maximum Gasteiger partial charge on any atom is 0.329 e. The van der Waals surface area contributed by atoms with E-state index < -0.39 is 11.9 Å². The standard InChI is InChI=1S/C16H19N3O4/c1-2-18-14-10(8-9-20)4-3-5-11(14)19(16(18)23)12-6-7-13(21)17-15(12)22/h3-5,12,20H,2,6-9H2,1H3,(H,17,21,22). The van der Waals surface area contributed by atoms with E-state index in [1.165, 1.54) is 4.57 Å². The van der Waals surface area contributed by atoms with E-state index in [1.807, 2.05) is 19.1 Å². The van der Waals surface area contributed by atoms with Crippen LogP contribution in [0.2, 0.25) is 0 Å². The SMILES string of the molecule is CCn1c(=O)n(C2CCC(=O)NC2=O)c2cccc(CCO)c21. The van der Waals surface area contributed by atoms with E-state index in [2.05, 4.69) is 5.32 Å². The fourth-order valence-electron chi connectivity index (χ4n) is 3.26. The molecule has 122 valence electrons. The minimum Gasteiger partial charge on any atom is -0.396 e. The molecule has 23 heavy (non-hydrogen) atoms. The highest BCUT2D eigenvalue weighted by Crippen LogP contribution is 2.25. The molecule has 0 saturated carbocycles. The summed E-state index contributed by atoms with van der Waals surface area (Å²) in [7, 11) is 0. The summed E-state index contributed by atoms with van der Waals surface area (Å²) in [6.07, 6.45) is 0.978. The van der Waals surface area contributed by atoms with Gasteiger partial charge in [0.05, 0.1) is 11.0 Å². The van der Waals surface area contributed by atoms with E-state index in [-0.39, 0.29) is 24.6 Å². The fraction of sp³-hybridized carbons (Fsp3) is 0.438. The highest BCUT2D eigenvalue weighted by atomic mass is 16.3. The number of benzene rings is 1. The maximum absolute atomic E-state index is 12.8. The second-order valence-corrected chi connectivity index (χ2v) is 5.62. The third-order valence-corrected chi connectivity index (χ3v) is 4.28. The number of para-hydroxylation sites is 1. The molecule has 7 heteroatoms. The average molecular weight is 317 g/mol. The third-order valence-electron chi connectivity index (χ3n) is 4.28. The zero-order chi connectivity index (χ0) is 16.6. The van der Waals surface area contributed by atoms with E-state index >= 15 is 0 Å². The number of hydrogen-bond acceptors (Lipinski definition) is 4. The Kier molecular flexibility index (Phi) is 4.04. The summed E-state index contributed by atoms with van der Waals surface area (Å²) < 4.78 is 3.09. The van der Waals surface area contributed by atoms with Gasteiger partial charge in [0.15, 0.2) is 0 Å². The van der Waals surface area contributed by atoms with E-state index in [0.29, 0.717) is 24.9 Å². The smallest absolute Gasteiger partial charge is 0.329 e. The van der Waals surface area contributed by atoms with Crippen molar-refractivity contribution >= 4 is 22.8 Å². The van der Waals surface area contributed by atoms with Gasteiger partial charge in [0.25, 0.3) is 0 Å². The predicted octanol–water partition coefficient (Wildman–Crippen LogP) is 0.335. The molecule has 2 amide bonds. The predicted molar refractivity (Wildman–Crippen MR) is 84.1 cm³/mol. The Hall–Kier alpha value is -2.41.